The van der Waals surface area contributed by atoms with Gasteiger partial charge in [0.15, 0.2) is 0 Å². The number of hydrogen-bond donors (Lipinski definition) is 1. The maximum atomic E-state index is 5.37. The molecule has 1 N–H and O–H groups in total. The average molecular weight is 263 g/mol. The molecule has 19 heavy (non-hydrogen) atoms. The third-order valence-electron chi connectivity index (χ3n) is 3.26. The Morgan fingerprint density at radius 1 is 1.32 bits per heavy atom. The van der Waals surface area contributed by atoms with Crippen LogP contribution in [0.3, 0.4) is 0 Å². The molecule has 0 aliphatic rings. The van der Waals surface area contributed by atoms with Crippen molar-refractivity contribution in [3.05, 3.63) is 29.2 Å². The molecule has 2 rings (SSSR count). The number of rotatable bonds is 6. The fraction of sp³-hybridized carbons (Fsp3) is 0.538. The summed E-state index contributed by atoms with van der Waals surface area (Å²) in [6, 6.07) is 2.04. The van der Waals surface area contributed by atoms with Gasteiger partial charge in [0.1, 0.15) is 0 Å². The van der Waals surface area contributed by atoms with Crippen LogP contribution in [0.5, 0.6) is 5.88 Å². The Morgan fingerprint density at radius 3 is 2.74 bits per heavy atom. The molecule has 0 aromatic carbocycles. The molecular weight excluding hydrogens is 242 g/mol. The highest BCUT2D eigenvalue weighted by molar-refractivity contribution is 5.30. The van der Waals surface area contributed by atoms with Crippen molar-refractivity contribution in [2.45, 2.75) is 19.9 Å². The molecular formula is C13H21N5O. The second-order valence-electron chi connectivity index (χ2n) is 4.57. The Hall–Kier alpha value is -1.82. The minimum Gasteiger partial charge on any atom is -0.481 e. The lowest BCUT2D eigenvalue weighted by atomic mass is 10.2. The van der Waals surface area contributed by atoms with Crippen molar-refractivity contribution in [2.75, 3.05) is 13.7 Å². The monoisotopic (exact) mass is 263 g/mol. The minimum atomic E-state index is 0.765. The van der Waals surface area contributed by atoms with Gasteiger partial charge in [-0.05, 0) is 13.0 Å². The van der Waals surface area contributed by atoms with Gasteiger partial charge in [0.25, 0.3) is 0 Å². The van der Waals surface area contributed by atoms with E-state index in [1.165, 1.54) is 5.69 Å². The van der Waals surface area contributed by atoms with Crippen molar-refractivity contribution in [2.24, 2.45) is 14.1 Å². The molecule has 0 aliphatic carbocycles. The molecule has 2 heterocycles. The molecule has 2 aromatic heterocycles. The van der Waals surface area contributed by atoms with E-state index in [0.29, 0.717) is 0 Å². The van der Waals surface area contributed by atoms with E-state index in [1.807, 2.05) is 38.0 Å². The number of hydrogen-bond acceptors (Lipinski definition) is 4. The fourth-order valence-corrected chi connectivity index (χ4v) is 2.22. The van der Waals surface area contributed by atoms with E-state index in [1.54, 1.807) is 11.8 Å². The molecule has 0 fully saturated rings. The third-order valence-corrected chi connectivity index (χ3v) is 3.26. The molecule has 0 aliphatic heterocycles. The molecule has 104 valence electrons. The molecule has 0 amide bonds. The first-order valence-corrected chi connectivity index (χ1v) is 6.37. The van der Waals surface area contributed by atoms with Gasteiger partial charge in [0.05, 0.1) is 18.4 Å². The van der Waals surface area contributed by atoms with Crippen LogP contribution in [0.15, 0.2) is 12.3 Å². The van der Waals surface area contributed by atoms with E-state index in [2.05, 4.69) is 15.5 Å². The van der Waals surface area contributed by atoms with Gasteiger partial charge in [-0.25, -0.2) is 4.68 Å². The second-order valence-corrected chi connectivity index (χ2v) is 4.57. The number of ether oxygens (including phenoxy) is 1. The van der Waals surface area contributed by atoms with Gasteiger partial charge in [0, 0.05) is 45.5 Å². The summed E-state index contributed by atoms with van der Waals surface area (Å²) in [5.74, 6) is 0.825. The number of aromatic nitrogens is 4. The number of nitrogens with zero attached hydrogens (tertiary/aromatic N) is 4. The Labute approximate surface area is 113 Å². The first-order chi connectivity index (χ1) is 9.13. The SMILES string of the molecule is COc1c(CNCCc2ccnn2C)c(C)nn1C. The van der Waals surface area contributed by atoms with Crippen LogP contribution in [0.25, 0.3) is 0 Å². The van der Waals surface area contributed by atoms with Crippen molar-refractivity contribution >= 4 is 0 Å². The van der Waals surface area contributed by atoms with Gasteiger partial charge >= 0.3 is 0 Å². The first-order valence-electron chi connectivity index (χ1n) is 6.37. The molecule has 0 atom stereocenters. The number of nitrogens with one attached hydrogen (secondary N) is 1. The highest BCUT2D eigenvalue weighted by Gasteiger charge is 2.12. The molecule has 6 nitrogen and oxygen atoms in total. The molecule has 0 radical (unpaired) electrons. The second kappa shape index (κ2) is 5.88. The molecule has 2 aromatic rings. The summed E-state index contributed by atoms with van der Waals surface area (Å²) in [6.45, 7) is 3.67. The summed E-state index contributed by atoms with van der Waals surface area (Å²) >= 11 is 0. The van der Waals surface area contributed by atoms with Crippen molar-refractivity contribution in [3.63, 3.8) is 0 Å². The van der Waals surface area contributed by atoms with Gasteiger partial charge in [0.2, 0.25) is 5.88 Å². The zero-order valence-corrected chi connectivity index (χ0v) is 12.0. The van der Waals surface area contributed by atoms with Crippen molar-refractivity contribution in [1.29, 1.82) is 0 Å². The van der Waals surface area contributed by atoms with Crippen LogP contribution in [0, 0.1) is 6.92 Å². The topological polar surface area (TPSA) is 56.9 Å². The van der Waals surface area contributed by atoms with E-state index in [4.69, 9.17) is 4.74 Å². The standard InChI is InChI=1S/C13H21N5O/c1-10-12(13(19-4)18(3)16-10)9-14-7-5-11-6-8-15-17(11)2/h6,8,14H,5,7,9H2,1-4H3. The van der Waals surface area contributed by atoms with Gasteiger partial charge in [-0.3, -0.25) is 4.68 Å². The Morgan fingerprint density at radius 2 is 2.11 bits per heavy atom. The molecule has 0 unspecified atom stereocenters. The van der Waals surface area contributed by atoms with Gasteiger partial charge in [-0.15, -0.1) is 0 Å². The van der Waals surface area contributed by atoms with E-state index in [9.17, 15) is 0 Å². The predicted octanol–water partition coefficient (Wildman–Crippen LogP) is 0.803. The average Bonchev–Trinajstić information content (AvgIpc) is 2.89. The maximum absolute atomic E-state index is 5.37. The highest BCUT2D eigenvalue weighted by Crippen LogP contribution is 2.20. The Bertz CT molecular complexity index is 543. The quantitative estimate of drug-likeness (QED) is 0.783. The summed E-state index contributed by atoms with van der Waals surface area (Å²) in [6.07, 6.45) is 2.78. The summed E-state index contributed by atoms with van der Waals surface area (Å²) in [7, 11) is 5.53. The summed E-state index contributed by atoms with van der Waals surface area (Å²) in [5, 5.41) is 11.9. The number of aryl methyl sites for hydroxylation is 3. The van der Waals surface area contributed by atoms with Crippen LogP contribution in [0.4, 0.5) is 0 Å². The van der Waals surface area contributed by atoms with E-state index in [-0.39, 0.29) is 0 Å². The summed E-state index contributed by atoms with van der Waals surface area (Å²) in [4.78, 5) is 0. The molecule has 6 heteroatoms. The summed E-state index contributed by atoms with van der Waals surface area (Å²) in [5.41, 5.74) is 3.35. The third kappa shape index (κ3) is 2.96. The van der Waals surface area contributed by atoms with Crippen LogP contribution in [-0.2, 0) is 27.1 Å². The van der Waals surface area contributed by atoms with Crippen LogP contribution in [0.1, 0.15) is 17.0 Å². The maximum Gasteiger partial charge on any atom is 0.216 e. The molecule has 0 bridgehead atoms. The summed E-state index contributed by atoms with van der Waals surface area (Å²) < 4.78 is 9.04. The lowest BCUT2D eigenvalue weighted by Crippen LogP contribution is -2.18. The zero-order valence-electron chi connectivity index (χ0n) is 12.0. The van der Waals surface area contributed by atoms with E-state index >= 15 is 0 Å². The normalized spacial score (nSPS) is 10.9. The van der Waals surface area contributed by atoms with Crippen LogP contribution >= 0.6 is 0 Å². The molecule has 0 spiro atoms. The fourth-order valence-electron chi connectivity index (χ4n) is 2.22. The smallest absolute Gasteiger partial charge is 0.216 e. The van der Waals surface area contributed by atoms with E-state index < -0.39 is 0 Å². The van der Waals surface area contributed by atoms with Crippen LogP contribution < -0.4 is 10.1 Å². The van der Waals surface area contributed by atoms with Crippen molar-refractivity contribution < 1.29 is 4.74 Å². The lowest BCUT2D eigenvalue weighted by Gasteiger charge is -2.07. The van der Waals surface area contributed by atoms with Crippen LogP contribution in [0.2, 0.25) is 0 Å². The first kappa shape index (κ1) is 13.6. The lowest BCUT2D eigenvalue weighted by molar-refractivity contribution is 0.368. The Kier molecular flexibility index (Phi) is 4.21. The van der Waals surface area contributed by atoms with Crippen LogP contribution in [-0.4, -0.2) is 33.2 Å². The van der Waals surface area contributed by atoms with Crippen molar-refractivity contribution in [3.8, 4) is 5.88 Å². The zero-order chi connectivity index (χ0) is 13.8. The van der Waals surface area contributed by atoms with Gasteiger partial charge in [-0.2, -0.15) is 10.2 Å². The number of methoxy groups -OCH3 is 1. The molecule has 0 saturated heterocycles. The predicted molar refractivity (Wildman–Crippen MR) is 73.1 cm³/mol. The molecule has 0 saturated carbocycles. The minimum absolute atomic E-state index is 0.765. The van der Waals surface area contributed by atoms with Gasteiger partial charge in [-0.1, -0.05) is 0 Å². The van der Waals surface area contributed by atoms with E-state index in [0.717, 1.165) is 36.6 Å². The Balaban J connectivity index is 1.88. The largest absolute Gasteiger partial charge is 0.481 e. The van der Waals surface area contributed by atoms with Crippen molar-refractivity contribution in [1.82, 2.24) is 24.9 Å². The van der Waals surface area contributed by atoms with Gasteiger partial charge < -0.3 is 10.1 Å². The highest BCUT2D eigenvalue weighted by atomic mass is 16.5.